The van der Waals surface area contributed by atoms with Gasteiger partial charge in [0.2, 0.25) is 0 Å². The predicted molar refractivity (Wildman–Crippen MR) is 122 cm³/mol. The van der Waals surface area contributed by atoms with E-state index in [-0.39, 0.29) is 11.1 Å². The van der Waals surface area contributed by atoms with Crippen molar-refractivity contribution < 1.29 is 18.6 Å². The highest BCUT2D eigenvalue weighted by atomic mass is 31.3. The van der Waals surface area contributed by atoms with Gasteiger partial charge in [-0.25, -0.2) is 0 Å². The van der Waals surface area contributed by atoms with Crippen LogP contribution in [0.25, 0.3) is 0 Å². The van der Waals surface area contributed by atoms with Crippen LogP contribution in [-0.2, 0) is 0 Å². The lowest BCUT2D eigenvalue weighted by Crippen LogP contribution is -2.54. The van der Waals surface area contributed by atoms with Gasteiger partial charge < -0.3 is 9.05 Å². The number of rotatable bonds is 6. The normalized spacial score (nSPS) is 20.3. The van der Waals surface area contributed by atoms with Crippen LogP contribution in [0, 0.1) is 0 Å². The van der Waals surface area contributed by atoms with Crippen LogP contribution in [-0.4, -0.2) is 32.5 Å². The Morgan fingerprint density at radius 3 is 1.17 bits per heavy atom. The maximum Gasteiger partial charge on any atom is 0.264 e. The van der Waals surface area contributed by atoms with E-state index in [0.717, 1.165) is 24.1 Å². The van der Waals surface area contributed by atoms with Crippen molar-refractivity contribution in [1.82, 2.24) is 8.88 Å². The number of nitrogens with zero attached hydrogens (tertiary/aromatic N) is 2. The number of hydrogen-bond acceptors (Lipinski definition) is 6. The molecule has 1 aliphatic heterocycles. The van der Waals surface area contributed by atoms with Crippen molar-refractivity contribution in [1.29, 1.82) is 0 Å². The molecule has 0 amide bonds. The minimum atomic E-state index is -1.11. The van der Waals surface area contributed by atoms with E-state index in [4.69, 9.17) is 9.05 Å². The van der Waals surface area contributed by atoms with Crippen LogP contribution in [0.4, 0.5) is 0 Å². The molecular formula is C22H28N2O4P2. The van der Waals surface area contributed by atoms with Crippen molar-refractivity contribution in [2.24, 2.45) is 0 Å². The van der Waals surface area contributed by atoms with Gasteiger partial charge in [0.1, 0.15) is 24.1 Å². The van der Waals surface area contributed by atoms with E-state index in [1.165, 1.54) is 0 Å². The Labute approximate surface area is 181 Å². The molecule has 3 rings (SSSR count). The third-order valence-electron chi connectivity index (χ3n) is 4.25. The van der Waals surface area contributed by atoms with Crippen LogP contribution in [0.1, 0.15) is 62.3 Å². The van der Waals surface area contributed by atoms with Crippen LogP contribution in [0.2, 0.25) is 0 Å². The average Bonchev–Trinajstić information content (AvgIpc) is 2.65. The van der Waals surface area contributed by atoms with Gasteiger partial charge in [0.05, 0.1) is 0 Å². The molecule has 2 aromatic carbocycles. The summed E-state index contributed by atoms with van der Waals surface area (Å²) in [6.07, 6.45) is 1.65. The molecule has 0 saturated carbocycles. The maximum absolute atomic E-state index is 10.9. The van der Waals surface area contributed by atoms with Crippen LogP contribution in [0.5, 0.6) is 11.5 Å². The fourth-order valence-corrected chi connectivity index (χ4v) is 8.08. The van der Waals surface area contributed by atoms with Crippen molar-refractivity contribution >= 4 is 29.5 Å². The van der Waals surface area contributed by atoms with E-state index in [2.05, 4.69) is 50.4 Å². The fraction of sp³-hybridized carbons (Fsp3) is 0.364. The molecule has 0 N–H and O–H groups in total. The Morgan fingerprint density at radius 2 is 0.933 bits per heavy atom. The fourth-order valence-electron chi connectivity index (χ4n) is 2.84. The second-order valence-corrected chi connectivity index (χ2v) is 12.6. The number of benzene rings is 2. The molecule has 1 aliphatic rings. The van der Waals surface area contributed by atoms with Crippen molar-refractivity contribution in [2.45, 2.75) is 52.6 Å². The summed E-state index contributed by atoms with van der Waals surface area (Å²) in [6.45, 7) is 12.9. The zero-order valence-corrected chi connectivity index (χ0v) is 20.0. The molecule has 0 aliphatic carbocycles. The molecule has 0 unspecified atom stereocenters. The largest absolute Gasteiger partial charge is 0.444 e. The second-order valence-electron chi connectivity index (χ2n) is 8.98. The molecular weight excluding hydrogens is 418 g/mol. The maximum atomic E-state index is 10.9. The summed E-state index contributed by atoms with van der Waals surface area (Å²) in [7, 11) is -2.22. The Kier molecular flexibility index (Phi) is 6.64. The Balaban J connectivity index is 1.89. The monoisotopic (exact) mass is 446 g/mol. The Morgan fingerprint density at radius 1 is 0.633 bits per heavy atom. The zero-order chi connectivity index (χ0) is 22.1. The molecule has 0 atom stereocenters. The molecule has 160 valence electrons. The number of aldehydes is 2. The van der Waals surface area contributed by atoms with Crippen LogP contribution in [0.15, 0.2) is 48.5 Å². The Hall–Kier alpha value is -1.84. The number of hydrogen-bond donors (Lipinski definition) is 0. The number of carbonyl (C=O) groups excluding carboxylic acids is 2. The van der Waals surface area contributed by atoms with E-state index in [0.29, 0.717) is 11.1 Å². The summed E-state index contributed by atoms with van der Waals surface area (Å²) in [5, 5.41) is 0. The summed E-state index contributed by atoms with van der Waals surface area (Å²) < 4.78 is 17.4. The van der Waals surface area contributed by atoms with Gasteiger partial charge in [-0.3, -0.25) is 9.59 Å². The van der Waals surface area contributed by atoms with E-state index >= 15 is 0 Å². The zero-order valence-electron chi connectivity index (χ0n) is 18.2. The smallest absolute Gasteiger partial charge is 0.264 e. The predicted octanol–water partition coefficient (Wildman–Crippen LogP) is 6.44. The van der Waals surface area contributed by atoms with Crippen molar-refractivity contribution in [2.75, 3.05) is 0 Å². The summed E-state index contributed by atoms with van der Waals surface area (Å²) in [5.74, 6) is 1.44. The average molecular weight is 446 g/mol. The molecule has 8 heteroatoms. The SMILES string of the molecule is CC(C)(C)N1P(Oc2ccc(C=O)cc2)N(C(C)(C)C)P1Oc1ccc(C=O)cc1. The van der Waals surface area contributed by atoms with Gasteiger partial charge in [0.25, 0.3) is 16.9 Å². The first-order valence-electron chi connectivity index (χ1n) is 9.71. The summed E-state index contributed by atoms with van der Waals surface area (Å²) in [5.41, 5.74) is 0.886. The van der Waals surface area contributed by atoms with E-state index < -0.39 is 16.9 Å². The highest BCUT2D eigenvalue weighted by molar-refractivity contribution is 7.78. The molecule has 0 bridgehead atoms. The van der Waals surface area contributed by atoms with Crippen molar-refractivity contribution in [3.8, 4) is 11.5 Å². The van der Waals surface area contributed by atoms with Gasteiger partial charge in [-0.15, -0.1) is 0 Å². The summed E-state index contributed by atoms with van der Waals surface area (Å²) in [4.78, 5) is 21.9. The van der Waals surface area contributed by atoms with Crippen LogP contribution in [0.3, 0.4) is 0 Å². The number of carbonyl (C=O) groups is 2. The van der Waals surface area contributed by atoms with Gasteiger partial charge in [-0.1, -0.05) is 0 Å². The van der Waals surface area contributed by atoms with E-state index in [9.17, 15) is 9.59 Å². The first kappa shape index (κ1) is 22.8. The lowest BCUT2D eigenvalue weighted by molar-refractivity contribution is 0.111. The molecule has 0 aromatic heterocycles. The minimum absolute atomic E-state index is 0.176. The molecule has 0 spiro atoms. The molecule has 1 heterocycles. The van der Waals surface area contributed by atoms with Crippen molar-refractivity contribution in [3.63, 3.8) is 0 Å². The third-order valence-corrected chi connectivity index (χ3v) is 10.5. The van der Waals surface area contributed by atoms with Gasteiger partial charge in [0.15, 0.2) is 0 Å². The highest BCUT2D eigenvalue weighted by Crippen LogP contribution is 2.80. The first-order valence-corrected chi connectivity index (χ1v) is 12.0. The summed E-state index contributed by atoms with van der Waals surface area (Å²) in [6, 6.07) is 14.3. The highest BCUT2D eigenvalue weighted by Gasteiger charge is 2.61. The van der Waals surface area contributed by atoms with Crippen molar-refractivity contribution in [3.05, 3.63) is 59.7 Å². The molecule has 2 aromatic rings. The van der Waals surface area contributed by atoms with Crippen LogP contribution < -0.4 is 9.05 Å². The van der Waals surface area contributed by atoms with Gasteiger partial charge >= 0.3 is 0 Å². The molecule has 30 heavy (non-hydrogen) atoms. The van der Waals surface area contributed by atoms with E-state index in [1.807, 2.05) is 24.3 Å². The first-order chi connectivity index (χ1) is 14.0. The summed E-state index contributed by atoms with van der Waals surface area (Å²) >= 11 is 0. The molecule has 1 fully saturated rings. The standard InChI is InChI=1S/C22H28N2O4P2/c1-21(2,3)23-29(27-19-11-7-17(15-25)8-12-19)24(22(4,5)6)30(23)28-20-13-9-18(16-26)10-14-20/h7-16H,1-6H3. The topological polar surface area (TPSA) is 59.1 Å². The van der Waals surface area contributed by atoms with Gasteiger partial charge in [0, 0.05) is 22.2 Å². The molecule has 0 radical (unpaired) electrons. The quantitative estimate of drug-likeness (QED) is 0.376. The lowest BCUT2D eigenvalue weighted by Gasteiger charge is -2.60. The Bertz CT molecular complexity index is 806. The molecule has 6 nitrogen and oxygen atoms in total. The van der Waals surface area contributed by atoms with Gasteiger partial charge in [-0.05, 0) is 90.1 Å². The molecule has 1 saturated heterocycles. The minimum Gasteiger partial charge on any atom is -0.444 e. The second kappa shape index (κ2) is 8.72. The lowest BCUT2D eigenvalue weighted by atomic mass is 10.1. The third kappa shape index (κ3) is 4.90. The van der Waals surface area contributed by atoms with Crippen LogP contribution >= 0.6 is 16.9 Å². The van der Waals surface area contributed by atoms with Gasteiger partial charge in [-0.2, -0.15) is 8.88 Å². The van der Waals surface area contributed by atoms with E-state index in [1.54, 1.807) is 24.3 Å².